The number of hydrogen-bond acceptors (Lipinski definition) is 3. The summed E-state index contributed by atoms with van der Waals surface area (Å²) in [5.41, 5.74) is 0. The van der Waals surface area contributed by atoms with E-state index in [-0.39, 0.29) is 24.4 Å². The summed E-state index contributed by atoms with van der Waals surface area (Å²) < 4.78 is 0. The van der Waals surface area contributed by atoms with E-state index in [1.807, 2.05) is 0 Å². The van der Waals surface area contributed by atoms with Crippen LogP contribution in [-0.4, -0.2) is 49.6 Å². The van der Waals surface area contributed by atoms with Crippen LogP contribution in [-0.2, 0) is 9.59 Å². The summed E-state index contributed by atoms with van der Waals surface area (Å²) in [5, 5.41) is 7.98. The van der Waals surface area contributed by atoms with E-state index in [2.05, 4.69) is 16.0 Å². The van der Waals surface area contributed by atoms with Crippen LogP contribution in [0.5, 0.6) is 0 Å². The van der Waals surface area contributed by atoms with Gasteiger partial charge in [-0.15, -0.1) is 0 Å². The van der Waals surface area contributed by atoms with Crippen molar-refractivity contribution in [2.75, 3.05) is 19.6 Å². The van der Waals surface area contributed by atoms with Gasteiger partial charge in [0.25, 0.3) is 11.8 Å². The molecule has 7 heteroatoms. The summed E-state index contributed by atoms with van der Waals surface area (Å²) in [7, 11) is 0. The molecule has 2 fully saturated rings. The lowest BCUT2D eigenvalue weighted by atomic mass is 9.96. The first kappa shape index (κ1) is 15.8. The largest absolute Gasteiger partial charge is 0.346 e. The van der Waals surface area contributed by atoms with E-state index in [0.29, 0.717) is 13.1 Å². The molecule has 0 aromatic carbocycles. The van der Waals surface area contributed by atoms with Crippen molar-refractivity contribution in [2.45, 2.75) is 51.1 Å². The Balaban J connectivity index is 1.76. The number of amides is 4. The molecule has 2 aliphatic rings. The van der Waals surface area contributed by atoms with Crippen LogP contribution < -0.4 is 20.9 Å². The SMILES string of the molecule is C[C@H](C(=O)NC(=O)NC1CCCCC1)[NH+]1CCNC(=O)C1. The topological polar surface area (TPSA) is 91.7 Å². The minimum atomic E-state index is -0.417. The molecule has 0 bridgehead atoms. The van der Waals surface area contributed by atoms with Gasteiger partial charge in [-0.2, -0.15) is 0 Å². The van der Waals surface area contributed by atoms with Gasteiger partial charge < -0.3 is 15.5 Å². The maximum Gasteiger partial charge on any atom is 0.321 e. The number of rotatable bonds is 3. The molecule has 1 aliphatic carbocycles. The lowest BCUT2D eigenvalue weighted by Crippen LogP contribution is -3.19. The molecular weight excluding hydrogens is 272 g/mol. The van der Waals surface area contributed by atoms with Crippen molar-refractivity contribution in [3.63, 3.8) is 0 Å². The molecule has 1 aliphatic heterocycles. The number of hydrogen-bond donors (Lipinski definition) is 4. The number of carbonyl (C=O) groups excluding carboxylic acids is 3. The third-order valence-corrected chi connectivity index (χ3v) is 4.34. The summed E-state index contributed by atoms with van der Waals surface area (Å²) >= 11 is 0. The predicted molar refractivity (Wildman–Crippen MR) is 76.7 cm³/mol. The number of carbonyl (C=O) groups is 3. The molecule has 1 heterocycles. The fourth-order valence-electron chi connectivity index (χ4n) is 2.96. The first-order valence-electron chi connectivity index (χ1n) is 7.79. The van der Waals surface area contributed by atoms with Gasteiger partial charge in [0.2, 0.25) is 0 Å². The van der Waals surface area contributed by atoms with Crippen LogP contribution in [0.1, 0.15) is 39.0 Å². The lowest BCUT2D eigenvalue weighted by molar-refractivity contribution is -0.907. The highest BCUT2D eigenvalue weighted by Crippen LogP contribution is 2.17. The zero-order chi connectivity index (χ0) is 15.2. The Bertz CT molecular complexity index is 407. The van der Waals surface area contributed by atoms with E-state index < -0.39 is 12.1 Å². The normalized spacial score (nSPS) is 24.8. The van der Waals surface area contributed by atoms with Gasteiger partial charge in [-0.3, -0.25) is 14.9 Å². The van der Waals surface area contributed by atoms with Crippen LogP contribution in [0.4, 0.5) is 4.79 Å². The molecule has 4 N–H and O–H groups in total. The summed E-state index contributed by atoms with van der Waals surface area (Å²) in [6, 6.07) is -0.650. The zero-order valence-electron chi connectivity index (χ0n) is 12.5. The van der Waals surface area contributed by atoms with Crippen molar-refractivity contribution in [2.24, 2.45) is 0 Å². The zero-order valence-corrected chi connectivity index (χ0v) is 12.5. The van der Waals surface area contributed by atoms with Crippen LogP contribution in [0.15, 0.2) is 0 Å². The Labute approximate surface area is 124 Å². The number of imide groups is 1. The second kappa shape index (κ2) is 7.40. The fraction of sp³-hybridized carbons (Fsp3) is 0.786. The highest BCUT2D eigenvalue weighted by molar-refractivity contribution is 5.96. The minimum Gasteiger partial charge on any atom is -0.346 e. The van der Waals surface area contributed by atoms with E-state index in [0.717, 1.165) is 30.6 Å². The molecular formula is C14H25N4O3+. The summed E-state index contributed by atoms with van der Waals surface area (Å²) in [6.45, 7) is 3.29. The van der Waals surface area contributed by atoms with Crippen molar-refractivity contribution < 1.29 is 19.3 Å². The molecule has 1 saturated carbocycles. The predicted octanol–water partition coefficient (Wildman–Crippen LogP) is -1.45. The third-order valence-electron chi connectivity index (χ3n) is 4.34. The van der Waals surface area contributed by atoms with Crippen LogP contribution in [0.2, 0.25) is 0 Å². The molecule has 21 heavy (non-hydrogen) atoms. The standard InChI is InChI=1S/C14H24N4O3/c1-10(18-8-7-15-12(19)9-18)13(20)17-14(21)16-11-5-3-2-4-6-11/h10-11H,2-9H2,1H3,(H,15,19)(H2,16,17,20,21)/p+1/t10-/m1/s1. The monoisotopic (exact) mass is 297 g/mol. The summed E-state index contributed by atoms with van der Waals surface area (Å²) in [6.07, 6.45) is 5.43. The molecule has 0 radical (unpaired) electrons. The number of urea groups is 1. The second-order valence-corrected chi connectivity index (χ2v) is 5.95. The van der Waals surface area contributed by atoms with E-state index in [4.69, 9.17) is 0 Å². The number of piperazine rings is 1. The van der Waals surface area contributed by atoms with Gasteiger partial charge in [-0.05, 0) is 19.8 Å². The fourth-order valence-corrected chi connectivity index (χ4v) is 2.96. The molecule has 7 nitrogen and oxygen atoms in total. The Kier molecular flexibility index (Phi) is 5.55. The van der Waals surface area contributed by atoms with E-state index in [1.54, 1.807) is 6.92 Å². The van der Waals surface area contributed by atoms with Crippen molar-refractivity contribution in [1.29, 1.82) is 0 Å². The quantitative estimate of drug-likeness (QED) is 0.513. The van der Waals surface area contributed by atoms with Crippen LogP contribution in [0, 0.1) is 0 Å². The Hall–Kier alpha value is -1.63. The van der Waals surface area contributed by atoms with Crippen LogP contribution in [0.3, 0.4) is 0 Å². The van der Waals surface area contributed by atoms with Gasteiger partial charge >= 0.3 is 6.03 Å². The van der Waals surface area contributed by atoms with Crippen LogP contribution in [0.25, 0.3) is 0 Å². The molecule has 2 atom stereocenters. The molecule has 0 aromatic heterocycles. The van der Waals surface area contributed by atoms with E-state index in [1.165, 1.54) is 6.42 Å². The number of quaternary nitrogens is 1. The Morgan fingerprint density at radius 1 is 1.29 bits per heavy atom. The highest BCUT2D eigenvalue weighted by atomic mass is 16.2. The van der Waals surface area contributed by atoms with Gasteiger partial charge in [0, 0.05) is 6.04 Å². The molecule has 4 amide bonds. The smallest absolute Gasteiger partial charge is 0.321 e. The minimum absolute atomic E-state index is 0.0532. The van der Waals surface area contributed by atoms with Gasteiger partial charge in [-0.25, -0.2) is 4.79 Å². The van der Waals surface area contributed by atoms with E-state index in [9.17, 15) is 14.4 Å². The summed E-state index contributed by atoms with van der Waals surface area (Å²) in [5.74, 6) is -0.379. The van der Waals surface area contributed by atoms with Crippen molar-refractivity contribution in [3.8, 4) is 0 Å². The molecule has 0 aromatic rings. The Morgan fingerprint density at radius 2 is 2.00 bits per heavy atom. The molecule has 118 valence electrons. The van der Waals surface area contributed by atoms with Crippen molar-refractivity contribution in [3.05, 3.63) is 0 Å². The first-order chi connectivity index (χ1) is 10.1. The first-order valence-corrected chi connectivity index (χ1v) is 7.79. The second-order valence-electron chi connectivity index (χ2n) is 5.95. The van der Waals surface area contributed by atoms with Gasteiger partial charge in [0.1, 0.15) is 0 Å². The molecule has 1 saturated heterocycles. The molecule has 2 rings (SSSR count). The average Bonchev–Trinajstić information content (AvgIpc) is 2.47. The molecule has 1 unspecified atom stereocenters. The van der Waals surface area contributed by atoms with E-state index >= 15 is 0 Å². The maximum absolute atomic E-state index is 12.1. The van der Waals surface area contributed by atoms with Gasteiger partial charge in [0.15, 0.2) is 12.6 Å². The highest BCUT2D eigenvalue weighted by Gasteiger charge is 2.30. The van der Waals surface area contributed by atoms with Crippen LogP contribution >= 0.6 is 0 Å². The third kappa shape index (κ3) is 4.70. The van der Waals surface area contributed by atoms with Crippen molar-refractivity contribution in [1.82, 2.24) is 16.0 Å². The molecule has 0 spiro atoms. The summed E-state index contributed by atoms with van der Waals surface area (Å²) in [4.78, 5) is 36.2. The number of nitrogens with one attached hydrogen (secondary N) is 4. The maximum atomic E-state index is 12.1. The average molecular weight is 297 g/mol. The lowest BCUT2D eigenvalue weighted by Gasteiger charge is -2.28. The van der Waals surface area contributed by atoms with Crippen molar-refractivity contribution >= 4 is 17.8 Å². The van der Waals surface area contributed by atoms with Gasteiger partial charge in [0.05, 0.1) is 13.1 Å². The van der Waals surface area contributed by atoms with Gasteiger partial charge in [-0.1, -0.05) is 19.3 Å². The Morgan fingerprint density at radius 3 is 2.67 bits per heavy atom.